The molecule has 0 heterocycles. The molecule has 94 valence electrons. The lowest BCUT2D eigenvalue weighted by Crippen LogP contribution is -2.22. The number of nitrogens with two attached hydrogens (primary N) is 1. The molecule has 0 aliphatic rings. The van der Waals surface area contributed by atoms with E-state index in [2.05, 4.69) is 10.2 Å². The van der Waals surface area contributed by atoms with Crippen LogP contribution in [0.25, 0.3) is 0 Å². The molecule has 1 rings (SSSR count). The zero-order valence-electron chi connectivity index (χ0n) is 9.86. The Labute approximate surface area is 99.6 Å². The van der Waals surface area contributed by atoms with Gasteiger partial charge in [0, 0.05) is 18.2 Å². The number of methoxy groups -OCH3 is 2. The van der Waals surface area contributed by atoms with Crippen molar-refractivity contribution in [1.29, 1.82) is 0 Å². The van der Waals surface area contributed by atoms with Crippen molar-refractivity contribution in [2.24, 2.45) is 5.84 Å². The van der Waals surface area contributed by atoms with Crippen LogP contribution in [0.4, 0.5) is 0 Å². The largest absolute Gasteiger partial charge is 0.497 e. The van der Waals surface area contributed by atoms with Crippen LogP contribution in [-0.4, -0.2) is 26.8 Å². The molecular weight excluding hydrogens is 224 g/mol. The van der Waals surface area contributed by atoms with Crippen molar-refractivity contribution in [2.75, 3.05) is 20.8 Å². The average Bonchev–Trinajstić information content (AvgIpc) is 2.37. The smallest absolute Gasteiger partial charge is 0.343 e. The minimum atomic E-state index is -0.445. The number of esters is 1. The number of hydrogen-bond donors (Lipinski definition) is 2. The molecule has 17 heavy (non-hydrogen) atoms. The third-order valence-corrected chi connectivity index (χ3v) is 2.14. The van der Waals surface area contributed by atoms with E-state index in [4.69, 9.17) is 15.3 Å². The Morgan fingerprint density at radius 3 is 2.76 bits per heavy atom. The fraction of sp³-hybridized carbons (Fsp3) is 0.364. The van der Waals surface area contributed by atoms with E-state index in [9.17, 15) is 4.79 Å². The molecule has 0 aliphatic heterocycles. The number of carbonyl (C=O) groups excluding carboxylic acids is 1. The molecule has 1 aromatic rings. The molecule has 0 bridgehead atoms. The van der Waals surface area contributed by atoms with E-state index in [0.717, 1.165) is 5.56 Å². The van der Waals surface area contributed by atoms with Gasteiger partial charge in [0.25, 0.3) is 0 Å². The van der Waals surface area contributed by atoms with Crippen LogP contribution in [-0.2, 0) is 16.1 Å². The molecule has 0 fully saturated rings. The van der Waals surface area contributed by atoms with E-state index in [0.29, 0.717) is 18.0 Å². The summed E-state index contributed by atoms with van der Waals surface area (Å²) in [5.41, 5.74) is 3.36. The number of rotatable bonds is 6. The molecule has 0 aliphatic carbocycles. The summed E-state index contributed by atoms with van der Waals surface area (Å²) in [6, 6.07) is 5.29. The topological polar surface area (TPSA) is 82.8 Å². The van der Waals surface area contributed by atoms with Crippen LogP contribution >= 0.6 is 0 Å². The molecule has 0 radical (unpaired) electrons. The summed E-state index contributed by atoms with van der Waals surface area (Å²) in [6.07, 6.45) is 0. The number of benzene rings is 1. The Bertz CT molecular complexity index is 382. The van der Waals surface area contributed by atoms with Crippen molar-refractivity contribution in [1.82, 2.24) is 5.43 Å². The van der Waals surface area contributed by atoms with E-state index in [1.165, 1.54) is 7.11 Å². The van der Waals surface area contributed by atoms with Crippen LogP contribution < -0.4 is 20.7 Å². The molecule has 0 spiro atoms. The summed E-state index contributed by atoms with van der Waals surface area (Å²) in [7, 11) is 2.86. The summed E-state index contributed by atoms with van der Waals surface area (Å²) in [5, 5.41) is 0. The van der Waals surface area contributed by atoms with Gasteiger partial charge in [0.1, 0.15) is 11.5 Å². The van der Waals surface area contributed by atoms with Gasteiger partial charge in [0.15, 0.2) is 6.61 Å². The lowest BCUT2D eigenvalue weighted by molar-refractivity contribution is -0.142. The summed E-state index contributed by atoms with van der Waals surface area (Å²) in [4.78, 5) is 11.0. The first kappa shape index (κ1) is 13.3. The zero-order valence-corrected chi connectivity index (χ0v) is 9.86. The summed E-state index contributed by atoms with van der Waals surface area (Å²) in [6.45, 7) is 0.280. The molecule has 0 saturated heterocycles. The third kappa shape index (κ3) is 3.93. The van der Waals surface area contributed by atoms with Crippen molar-refractivity contribution >= 4 is 5.97 Å². The summed E-state index contributed by atoms with van der Waals surface area (Å²) in [5.74, 6) is 5.99. The van der Waals surface area contributed by atoms with Crippen molar-refractivity contribution in [3.8, 4) is 11.5 Å². The highest BCUT2D eigenvalue weighted by Crippen LogP contribution is 2.24. The predicted octanol–water partition coefficient (Wildman–Crippen LogP) is 0.210. The Morgan fingerprint density at radius 1 is 1.41 bits per heavy atom. The van der Waals surface area contributed by atoms with E-state index in [1.54, 1.807) is 19.2 Å². The first-order chi connectivity index (χ1) is 8.21. The lowest BCUT2D eigenvalue weighted by Gasteiger charge is -2.11. The maximum absolute atomic E-state index is 11.0. The Hall–Kier alpha value is -1.79. The van der Waals surface area contributed by atoms with E-state index in [1.807, 2.05) is 6.07 Å². The Morgan fingerprint density at radius 2 is 2.18 bits per heavy atom. The number of hydrazine groups is 1. The molecule has 3 N–H and O–H groups in total. The molecule has 0 unspecified atom stereocenters. The highest BCUT2D eigenvalue weighted by atomic mass is 16.6. The number of nitrogens with one attached hydrogen (secondary N) is 1. The van der Waals surface area contributed by atoms with E-state index in [-0.39, 0.29) is 6.61 Å². The third-order valence-electron chi connectivity index (χ3n) is 2.14. The van der Waals surface area contributed by atoms with Gasteiger partial charge in [0.05, 0.1) is 14.2 Å². The van der Waals surface area contributed by atoms with E-state index < -0.39 is 5.97 Å². The van der Waals surface area contributed by atoms with Gasteiger partial charge < -0.3 is 14.2 Å². The van der Waals surface area contributed by atoms with Crippen molar-refractivity contribution in [2.45, 2.75) is 6.54 Å². The standard InChI is InChI=1S/C11H16N2O4/c1-15-9-4-3-8(6-13-12)10(5-9)17-7-11(14)16-2/h3-5,13H,6-7,12H2,1-2H3. The fourth-order valence-electron chi connectivity index (χ4n) is 1.25. The van der Waals surface area contributed by atoms with Gasteiger partial charge in [-0.05, 0) is 6.07 Å². The van der Waals surface area contributed by atoms with Gasteiger partial charge in [0.2, 0.25) is 0 Å². The molecular formula is C11H16N2O4. The fourth-order valence-corrected chi connectivity index (χ4v) is 1.25. The second-order valence-corrected chi connectivity index (χ2v) is 3.22. The van der Waals surface area contributed by atoms with Crippen LogP contribution in [0, 0.1) is 0 Å². The molecule has 0 amide bonds. The quantitative estimate of drug-likeness (QED) is 0.420. The second kappa shape index (κ2) is 6.72. The maximum atomic E-state index is 11.0. The van der Waals surface area contributed by atoms with Gasteiger partial charge >= 0.3 is 5.97 Å². The molecule has 6 nitrogen and oxygen atoms in total. The lowest BCUT2D eigenvalue weighted by atomic mass is 10.2. The molecule has 6 heteroatoms. The summed E-state index contributed by atoms with van der Waals surface area (Å²) >= 11 is 0. The van der Waals surface area contributed by atoms with Gasteiger partial charge in [-0.25, -0.2) is 4.79 Å². The van der Waals surface area contributed by atoms with Gasteiger partial charge in [-0.15, -0.1) is 0 Å². The Kier molecular flexibility index (Phi) is 5.25. The predicted molar refractivity (Wildman–Crippen MR) is 61.5 cm³/mol. The molecule has 0 aromatic heterocycles. The van der Waals surface area contributed by atoms with Crippen molar-refractivity contribution in [3.05, 3.63) is 23.8 Å². The second-order valence-electron chi connectivity index (χ2n) is 3.22. The summed E-state index contributed by atoms with van der Waals surface area (Å²) < 4.78 is 14.9. The van der Waals surface area contributed by atoms with Gasteiger partial charge in [-0.3, -0.25) is 11.3 Å². The van der Waals surface area contributed by atoms with Crippen LogP contribution in [0.5, 0.6) is 11.5 Å². The minimum Gasteiger partial charge on any atom is -0.497 e. The molecule has 0 atom stereocenters. The normalized spacial score (nSPS) is 9.82. The Balaban J connectivity index is 2.80. The van der Waals surface area contributed by atoms with Crippen LogP contribution in [0.3, 0.4) is 0 Å². The van der Waals surface area contributed by atoms with Gasteiger partial charge in [-0.2, -0.15) is 0 Å². The monoisotopic (exact) mass is 240 g/mol. The number of hydrogen-bond acceptors (Lipinski definition) is 6. The van der Waals surface area contributed by atoms with Gasteiger partial charge in [-0.1, -0.05) is 6.07 Å². The molecule has 0 saturated carbocycles. The first-order valence-electron chi connectivity index (χ1n) is 5.01. The SMILES string of the molecule is COC(=O)COc1cc(OC)ccc1CNN. The molecule has 1 aromatic carbocycles. The van der Waals surface area contributed by atoms with Crippen LogP contribution in [0.2, 0.25) is 0 Å². The minimum absolute atomic E-state index is 0.152. The highest BCUT2D eigenvalue weighted by molar-refractivity contribution is 5.71. The zero-order chi connectivity index (χ0) is 12.7. The van der Waals surface area contributed by atoms with E-state index >= 15 is 0 Å². The number of ether oxygens (including phenoxy) is 3. The van der Waals surface area contributed by atoms with Crippen molar-refractivity contribution < 1.29 is 19.0 Å². The first-order valence-corrected chi connectivity index (χ1v) is 5.01. The van der Waals surface area contributed by atoms with Crippen LogP contribution in [0.15, 0.2) is 18.2 Å². The van der Waals surface area contributed by atoms with Crippen molar-refractivity contribution in [3.63, 3.8) is 0 Å². The van der Waals surface area contributed by atoms with Crippen LogP contribution in [0.1, 0.15) is 5.56 Å². The highest BCUT2D eigenvalue weighted by Gasteiger charge is 2.08. The number of carbonyl (C=O) groups is 1. The average molecular weight is 240 g/mol. The maximum Gasteiger partial charge on any atom is 0.343 e.